The van der Waals surface area contributed by atoms with Crippen molar-refractivity contribution in [1.29, 1.82) is 0 Å². The average molecular weight is 297 g/mol. The molecule has 0 spiro atoms. The minimum atomic E-state index is 0.853. The first-order valence-corrected chi connectivity index (χ1v) is 7.66. The quantitative estimate of drug-likeness (QED) is 0.732. The molecule has 0 unspecified atom stereocenters. The highest BCUT2D eigenvalue weighted by Crippen LogP contribution is 2.35. The summed E-state index contributed by atoms with van der Waals surface area (Å²) >= 11 is 5.59. The lowest BCUT2D eigenvalue weighted by Gasteiger charge is -2.20. The highest BCUT2D eigenvalue weighted by molar-refractivity contribution is 7.71. The highest BCUT2D eigenvalue weighted by Gasteiger charge is 2.19. The zero-order valence-corrected chi connectivity index (χ0v) is 13.2. The molecule has 0 aliphatic heterocycles. The van der Waals surface area contributed by atoms with Gasteiger partial charge in [-0.25, -0.2) is 0 Å². The Morgan fingerprint density at radius 1 is 1.14 bits per heavy atom. The molecule has 1 aromatic heterocycles. The fourth-order valence-electron chi connectivity index (χ4n) is 2.76. The van der Waals surface area contributed by atoms with Crippen LogP contribution in [-0.2, 0) is 6.42 Å². The predicted octanol–water partition coefficient (Wildman–Crippen LogP) is 4.91. The summed E-state index contributed by atoms with van der Waals surface area (Å²) in [5, 5.41) is 0. The van der Waals surface area contributed by atoms with Gasteiger partial charge in [0.1, 0.15) is 11.5 Å². The van der Waals surface area contributed by atoms with Crippen molar-refractivity contribution in [3.05, 3.63) is 58.4 Å². The van der Waals surface area contributed by atoms with Gasteiger partial charge in [-0.2, -0.15) is 0 Å². The summed E-state index contributed by atoms with van der Waals surface area (Å²) in [4.78, 5) is 2.07. The molecule has 1 aliphatic carbocycles. The number of rotatable bonds is 2. The third kappa shape index (κ3) is 2.93. The van der Waals surface area contributed by atoms with Gasteiger partial charge in [-0.05, 0) is 25.3 Å². The van der Waals surface area contributed by atoms with Crippen molar-refractivity contribution in [1.82, 2.24) is 4.90 Å². The van der Waals surface area contributed by atoms with Crippen molar-refractivity contribution >= 4 is 17.8 Å². The Hall–Kier alpha value is -1.87. The van der Waals surface area contributed by atoms with Crippen LogP contribution in [0.4, 0.5) is 0 Å². The monoisotopic (exact) mass is 297 g/mol. The van der Waals surface area contributed by atoms with Gasteiger partial charge in [0.15, 0.2) is 0 Å². The molecule has 2 nitrogen and oxygen atoms in total. The number of hydrogen-bond acceptors (Lipinski definition) is 3. The molecule has 0 fully saturated rings. The first-order chi connectivity index (χ1) is 10.1. The van der Waals surface area contributed by atoms with E-state index in [-0.39, 0.29) is 0 Å². The van der Waals surface area contributed by atoms with E-state index in [0.717, 1.165) is 40.9 Å². The number of allylic oxidation sites excluding steroid dienone is 1. The van der Waals surface area contributed by atoms with Gasteiger partial charge in [-0.1, -0.05) is 42.5 Å². The van der Waals surface area contributed by atoms with E-state index < -0.39 is 0 Å². The van der Waals surface area contributed by atoms with Crippen molar-refractivity contribution in [2.24, 2.45) is 0 Å². The van der Waals surface area contributed by atoms with Gasteiger partial charge in [0.25, 0.3) is 0 Å². The van der Waals surface area contributed by atoms with Crippen LogP contribution in [-0.4, -0.2) is 19.0 Å². The maximum atomic E-state index is 6.22. The molecule has 21 heavy (non-hydrogen) atoms. The minimum absolute atomic E-state index is 0.853. The average Bonchev–Trinajstić information content (AvgIpc) is 2.48. The van der Waals surface area contributed by atoms with Crippen molar-refractivity contribution < 1.29 is 4.42 Å². The zero-order chi connectivity index (χ0) is 14.8. The second-order valence-corrected chi connectivity index (χ2v) is 6.06. The van der Waals surface area contributed by atoms with Gasteiger partial charge >= 0.3 is 0 Å². The molecule has 0 saturated heterocycles. The normalized spacial score (nSPS) is 15.8. The number of hydrogen-bond donors (Lipinski definition) is 0. The maximum absolute atomic E-state index is 6.22. The fraction of sp³-hybridized carbons (Fsp3) is 0.278. The topological polar surface area (TPSA) is 16.4 Å². The number of benzene rings is 1. The molecule has 1 aromatic carbocycles. The largest absolute Gasteiger partial charge is 0.456 e. The van der Waals surface area contributed by atoms with Crippen LogP contribution in [0.15, 0.2) is 47.0 Å². The zero-order valence-electron chi connectivity index (χ0n) is 12.4. The van der Waals surface area contributed by atoms with Crippen LogP contribution in [0, 0.1) is 4.51 Å². The maximum Gasteiger partial charge on any atom is 0.136 e. The van der Waals surface area contributed by atoms with Crippen LogP contribution >= 0.6 is 12.2 Å². The fourth-order valence-corrected chi connectivity index (χ4v) is 3.07. The summed E-state index contributed by atoms with van der Waals surface area (Å²) in [6, 6.07) is 12.1. The number of nitrogens with zero attached hydrogens (tertiary/aromatic N) is 1. The molecule has 0 N–H and O–H groups in total. The molecule has 0 atom stereocenters. The van der Waals surface area contributed by atoms with E-state index in [1.165, 1.54) is 11.1 Å². The molecule has 1 aliphatic rings. The van der Waals surface area contributed by atoms with E-state index in [1.807, 2.05) is 38.4 Å². The van der Waals surface area contributed by atoms with Crippen LogP contribution in [0.25, 0.3) is 16.9 Å². The Kier molecular flexibility index (Phi) is 3.93. The molecule has 1 heterocycles. The van der Waals surface area contributed by atoms with Gasteiger partial charge in [0.05, 0.1) is 0 Å². The summed E-state index contributed by atoms with van der Waals surface area (Å²) < 4.78 is 7.13. The third-order valence-electron chi connectivity index (χ3n) is 3.68. The minimum Gasteiger partial charge on any atom is -0.456 e. The lowest BCUT2D eigenvalue weighted by atomic mass is 9.92. The third-order valence-corrected chi connectivity index (χ3v) is 4.05. The lowest BCUT2D eigenvalue weighted by molar-refractivity contribution is 0.515. The summed E-state index contributed by atoms with van der Waals surface area (Å²) in [6.07, 6.45) is 5.33. The molecule has 3 rings (SSSR count). The van der Waals surface area contributed by atoms with Crippen LogP contribution in [0.3, 0.4) is 0 Å². The molecule has 0 saturated carbocycles. The Balaban J connectivity index is 2.17. The Morgan fingerprint density at radius 3 is 2.62 bits per heavy atom. The Bertz CT molecular complexity index is 729. The molecule has 0 amide bonds. The second-order valence-electron chi connectivity index (χ2n) is 5.62. The van der Waals surface area contributed by atoms with Crippen molar-refractivity contribution in [2.75, 3.05) is 14.1 Å². The lowest BCUT2D eigenvalue weighted by Crippen LogP contribution is -2.08. The summed E-state index contributed by atoms with van der Waals surface area (Å²) in [5.41, 5.74) is 3.50. The smallest absolute Gasteiger partial charge is 0.136 e. The predicted molar refractivity (Wildman–Crippen MR) is 89.6 cm³/mol. The standard InChI is InChI=1S/C18H19NOS/c1-19(2)12-14-9-6-10-15-17(21)11-16(20-18(14)15)13-7-4-3-5-8-13/h3-5,7-8,11-12H,6,9-10H2,1-2H3/b14-12-. The Morgan fingerprint density at radius 2 is 1.90 bits per heavy atom. The van der Waals surface area contributed by atoms with E-state index in [0.29, 0.717) is 0 Å². The van der Waals surface area contributed by atoms with Gasteiger partial charge in [0, 0.05) is 41.5 Å². The van der Waals surface area contributed by atoms with Crippen LogP contribution < -0.4 is 0 Å². The highest BCUT2D eigenvalue weighted by atomic mass is 32.1. The molecule has 0 radical (unpaired) electrons. The van der Waals surface area contributed by atoms with E-state index in [1.54, 1.807) is 0 Å². The summed E-state index contributed by atoms with van der Waals surface area (Å²) in [6.45, 7) is 0. The first-order valence-electron chi connectivity index (χ1n) is 7.25. The van der Waals surface area contributed by atoms with Crippen molar-refractivity contribution in [3.8, 4) is 11.3 Å². The van der Waals surface area contributed by atoms with Crippen LogP contribution in [0.5, 0.6) is 0 Å². The van der Waals surface area contributed by atoms with Crippen LogP contribution in [0.2, 0.25) is 0 Å². The SMILES string of the molecule is CN(C)/C=C1/CCCc2c1oc(-c1ccccc1)cc2=S. The van der Waals surface area contributed by atoms with Gasteiger partial charge in [-0.3, -0.25) is 0 Å². The van der Waals surface area contributed by atoms with Gasteiger partial charge in [-0.15, -0.1) is 0 Å². The van der Waals surface area contributed by atoms with Gasteiger partial charge < -0.3 is 9.32 Å². The first kappa shape index (κ1) is 14.1. The molecule has 0 bridgehead atoms. The van der Waals surface area contributed by atoms with Crippen molar-refractivity contribution in [2.45, 2.75) is 19.3 Å². The molecular formula is C18H19NOS. The summed E-state index contributed by atoms with van der Waals surface area (Å²) in [7, 11) is 4.08. The number of fused-ring (bicyclic) bond motifs is 1. The van der Waals surface area contributed by atoms with E-state index in [4.69, 9.17) is 16.6 Å². The van der Waals surface area contributed by atoms with E-state index in [2.05, 4.69) is 23.2 Å². The van der Waals surface area contributed by atoms with Crippen molar-refractivity contribution in [3.63, 3.8) is 0 Å². The summed E-state index contributed by atoms with van der Waals surface area (Å²) in [5.74, 6) is 1.83. The van der Waals surface area contributed by atoms with Crippen LogP contribution in [0.1, 0.15) is 24.2 Å². The van der Waals surface area contributed by atoms with Gasteiger partial charge in [0.2, 0.25) is 0 Å². The molecule has 2 aromatic rings. The van der Waals surface area contributed by atoms with E-state index >= 15 is 0 Å². The second kappa shape index (κ2) is 5.86. The van der Waals surface area contributed by atoms with E-state index in [9.17, 15) is 0 Å². The molecule has 108 valence electrons. The molecular weight excluding hydrogens is 278 g/mol. The Labute approximate surface area is 130 Å². The molecule has 3 heteroatoms.